The number of carbonyl (C=O) groups is 1. The van der Waals surface area contributed by atoms with Crippen molar-refractivity contribution in [2.24, 2.45) is 10.4 Å². The summed E-state index contributed by atoms with van der Waals surface area (Å²) in [7, 11) is 1.32. The van der Waals surface area contributed by atoms with Crippen molar-refractivity contribution in [3.05, 3.63) is 62.9 Å². The molecule has 5 heterocycles. The molecule has 1 aromatic carbocycles. The molecule has 0 N–H and O–H groups in total. The minimum atomic E-state index is -4.56. The van der Waals surface area contributed by atoms with Gasteiger partial charge in [-0.2, -0.15) is 13.2 Å². The summed E-state index contributed by atoms with van der Waals surface area (Å²) in [5.74, 6) is -0.414. The minimum absolute atomic E-state index is 0.0289. The standard InChI is InChI=1S/C38H39ClF5N5O4S/c1-22-12-27(34-33(45-22)29(16-54-34)35(51)52-3)26-13-24(39)4-7-32(26)53-11-10-49-23(2)46-30-6-5-25(14-28(30)31(49)15-50)48-9-8-36(19-48)17-37(40,41)20-47(18-36)21-38(42,43)44/h4,7,12-13,16,25H,5-6,8-11,14,17-21H2,1-3H3. The van der Waals surface area contributed by atoms with Crippen LogP contribution in [0, 0.1) is 12.3 Å². The number of aliphatic imine (C=N–C) groups is 1. The number of thiophene rings is 1. The fraction of sp³-hybridized carbons (Fsp3) is 0.500. The van der Waals surface area contributed by atoms with Crippen LogP contribution in [0.1, 0.15) is 55.1 Å². The second-order valence-corrected chi connectivity index (χ2v) is 16.0. The summed E-state index contributed by atoms with van der Waals surface area (Å²) in [5, 5.41) is 2.20. The Morgan fingerprint density at radius 1 is 1.15 bits per heavy atom. The molecular formula is C38H39ClF5N5O4S. The first-order chi connectivity index (χ1) is 25.6. The van der Waals surface area contributed by atoms with Crippen molar-refractivity contribution < 1.29 is 41.0 Å². The van der Waals surface area contributed by atoms with Crippen LogP contribution in [-0.2, 0) is 9.53 Å². The molecule has 2 fully saturated rings. The molecule has 3 aromatic rings. The molecule has 9 nitrogen and oxygen atoms in total. The largest absolute Gasteiger partial charge is 0.491 e. The van der Waals surface area contributed by atoms with Gasteiger partial charge in [0.2, 0.25) is 0 Å². The average Bonchev–Trinajstić information content (AvgIpc) is 3.70. The number of rotatable bonds is 8. The number of fused-ring (bicyclic) bond motifs is 1. The maximum atomic E-state index is 14.8. The lowest BCUT2D eigenvalue weighted by molar-refractivity contribution is -0.178. The molecule has 2 unspecified atom stereocenters. The number of methoxy groups -OCH3 is 1. The Hall–Kier alpha value is -3.88. The van der Waals surface area contributed by atoms with E-state index in [1.54, 1.807) is 28.5 Å². The van der Waals surface area contributed by atoms with Gasteiger partial charge in [0.25, 0.3) is 5.92 Å². The van der Waals surface area contributed by atoms with E-state index in [1.807, 2.05) is 19.9 Å². The van der Waals surface area contributed by atoms with Crippen LogP contribution in [0.3, 0.4) is 0 Å². The molecule has 3 aliphatic heterocycles. The first-order valence-electron chi connectivity index (χ1n) is 17.7. The maximum Gasteiger partial charge on any atom is 0.401 e. The van der Waals surface area contributed by atoms with E-state index in [0.717, 1.165) is 26.4 Å². The summed E-state index contributed by atoms with van der Waals surface area (Å²) in [5.41, 5.74) is 3.99. The van der Waals surface area contributed by atoms with Crippen LogP contribution in [0.25, 0.3) is 21.3 Å². The van der Waals surface area contributed by atoms with Crippen molar-refractivity contribution in [1.29, 1.82) is 0 Å². The average molecular weight is 792 g/mol. The Morgan fingerprint density at radius 3 is 2.69 bits per heavy atom. The molecular weight excluding hydrogens is 753 g/mol. The zero-order valence-electron chi connectivity index (χ0n) is 30.0. The molecule has 1 spiro atoms. The molecule has 1 aliphatic carbocycles. The highest BCUT2D eigenvalue weighted by Gasteiger charge is 2.54. The lowest BCUT2D eigenvalue weighted by atomic mass is 9.77. The summed E-state index contributed by atoms with van der Waals surface area (Å²) < 4.78 is 81.3. The Labute approximate surface area is 318 Å². The highest BCUT2D eigenvalue weighted by molar-refractivity contribution is 7.18. The molecule has 54 heavy (non-hydrogen) atoms. The molecule has 7 rings (SSSR count). The fourth-order valence-corrected chi connectivity index (χ4v) is 9.84. The first-order valence-corrected chi connectivity index (χ1v) is 18.9. The first kappa shape index (κ1) is 38.4. The quantitative estimate of drug-likeness (QED) is 0.129. The van der Waals surface area contributed by atoms with E-state index in [2.05, 4.69) is 15.8 Å². The number of esters is 1. The van der Waals surface area contributed by atoms with Gasteiger partial charge in [0, 0.05) is 69.5 Å². The zero-order chi connectivity index (χ0) is 38.6. The number of carbonyl (C=O) groups excluding carboxylic acids is 2. The van der Waals surface area contributed by atoms with Crippen LogP contribution in [0.5, 0.6) is 5.75 Å². The second-order valence-electron chi connectivity index (χ2n) is 14.7. The predicted octanol–water partition coefficient (Wildman–Crippen LogP) is 7.94. The second kappa shape index (κ2) is 14.6. The van der Waals surface area contributed by atoms with Crippen molar-refractivity contribution in [2.45, 2.75) is 64.1 Å². The topological polar surface area (TPSA) is 87.6 Å². The Kier molecular flexibility index (Phi) is 10.4. The summed E-state index contributed by atoms with van der Waals surface area (Å²) in [6.45, 7) is 2.55. The number of pyridine rings is 1. The van der Waals surface area contributed by atoms with E-state index in [-0.39, 0.29) is 32.3 Å². The van der Waals surface area contributed by atoms with Gasteiger partial charge in [-0.3, -0.25) is 14.8 Å². The number of allylic oxidation sites excluding steroid dienone is 2. The van der Waals surface area contributed by atoms with Crippen molar-refractivity contribution in [3.63, 3.8) is 0 Å². The van der Waals surface area contributed by atoms with Crippen molar-refractivity contribution in [2.75, 3.05) is 53.0 Å². The van der Waals surface area contributed by atoms with E-state index in [4.69, 9.17) is 26.1 Å². The number of ether oxygens (including phenoxy) is 2. The number of aryl methyl sites for hydroxylation is 1. The number of benzene rings is 1. The van der Waals surface area contributed by atoms with Gasteiger partial charge in [-0.05, 0) is 70.3 Å². The van der Waals surface area contributed by atoms with E-state index >= 15 is 0 Å². The lowest BCUT2D eigenvalue weighted by Crippen LogP contribution is -2.55. The summed E-state index contributed by atoms with van der Waals surface area (Å²) in [6, 6.07) is 7.09. The molecule has 288 valence electrons. The van der Waals surface area contributed by atoms with Gasteiger partial charge in [-0.1, -0.05) is 11.6 Å². The molecule has 0 amide bonds. The number of nitrogens with zero attached hydrogens (tertiary/aromatic N) is 5. The van der Waals surface area contributed by atoms with E-state index < -0.39 is 43.0 Å². The monoisotopic (exact) mass is 791 g/mol. The number of likely N-dealkylation sites (tertiary alicyclic amines) is 2. The molecule has 0 saturated carbocycles. The number of hydrogen-bond acceptors (Lipinski definition) is 10. The van der Waals surface area contributed by atoms with Gasteiger partial charge in [-0.25, -0.2) is 23.4 Å². The summed E-state index contributed by atoms with van der Waals surface area (Å²) >= 11 is 7.82. The van der Waals surface area contributed by atoms with E-state index in [9.17, 15) is 31.5 Å². The normalized spacial score (nSPS) is 23.5. The SMILES string of the molecule is COC(=O)c1csc2c(-c3cc(Cl)ccc3OCCN3C(=C=O)C4=C(CCC(N5CCC6(CN(CC(F)(F)F)CC(F)(F)C6)C5)C4)N=C3C)cc(C)nc12. The third-order valence-electron chi connectivity index (χ3n) is 10.7. The third-order valence-corrected chi connectivity index (χ3v) is 12.0. The van der Waals surface area contributed by atoms with Gasteiger partial charge in [0.1, 0.15) is 23.9 Å². The molecule has 4 aliphatic rings. The van der Waals surface area contributed by atoms with Crippen molar-refractivity contribution in [3.8, 4) is 16.9 Å². The minimum Gasteiger partial charge on any atom is -0.491 e. The molecule has 0 radical (unpaired) electrons. The highest BCUT2D eigenvalue weighted by atomic mass is 35.5. The fourth-order valence-electron chi connectivity index (χ4n) is 8.66. The van der Waals surface area contributed by atoms with Crippen molar-refractivity contribution >= 4 is 50.9 Å². The van der Waals surface area contributed by atoms with Gasteiger partial charge in [-0.15, -0.1) is 11.3 Å². The molecule has 2 saturated heterocycles. The number of piperidine rings is 1. The van der Waals surface area contributed by atoms with Crippen LogP contribution in [0.2, 0.25) is 5.02 Å². The number of hydrogen-bond donors (Lipinski definition) is 0. The molecule has 2 atom stereocenters. The van der Waals surface area contributed by atoms with Crippen LogP contribution in [-0.4, -0.2) is 109 Å². The maximum absolute atomic E-state index is 14.8. The van der Waals surface area contributed by atoms with Crippen LogP contribution < -0.4 is 4.74 Å². The lowest BCUT2D eigenvalue weighted by Gasteiger charge is -2.45. The van der Waals surface area contributed by atoms with Crippen molar-refractivity contribution in [1.82, 2.24) is 19.7 Å². The molecule has 2 aromatic heterocycles. The van der Waals surface area contributed by atoms with Gasteiger partial charge in [0.15, 0.2) is 5.94 Å². The highest BCUT2D eigenvalue weighted by Crippen LogP contribution is 2.48. The van der Waals surface area contributed by atoms with Crippen LogP contribution >= 0.6 is 22.9 Å². The zero-order valence-corrected chi connectivity index (χ0v) is 31.6. The number of halogens is 6. The van der Waals surface area contributed by atoms with Gasteiger partial charge < -0.3 is 14.4 Å². The summed E-state index contributed by atoms with van der Waals surface area (Å²) in [4.78, 5) is 39.2. The Balaban J connectivity index is 1.05. The predicted molar refractivity (Wildman–Crippen MR) is 196 cm³/mol. The van der Waals surface area contributed by atoms with E-state index in [0.29, 0.717) is 76.9 Å². The molecule has 0 bridgehead atoms. The van der Waals surface area contributed by atoms with Gasteiger partial charge in [0.05, 0.1) is 42.5 Å². The Morgan fingerprint density at radius 2 is 1.94 bits per heavy atom. The number of amidine groups is 1. The van der Waals surface area contributed by atoms with E-state index in [1.165, 1.54) is 18.4 Å². The van der Waals surface area contributed by atoms with Crippen LogP contribution in [0.4, 0.5) is 22.0 Å². The Bertz CT molecular complexity index is 2090. The number of alkyl halides is 5. The third kappa shape index (κ3) is 7.79. The van der Waals surface area contributed by atoms with Crippen LogP contribution in [0.15, 0.2) is 51.6 Å². The molecule has 16 heteroatoms. The summed E-state index contributed by atoms with van der Waals surface area (Å²) in [6.07, 6.45) is -2.91. The van der Waals surface area contributed by atoms with Gasteiger partial charge >= 0.3 is 12.1 Å². The smallest absolute Gasteiger partial charge is 0.401 e. The number of aromatic nitrogens is 1.